The summed E-state index contributed by atoms with van der Waals surface area (Å²) in [6.07, 6.45) is 8.98. The summed E-state index contributed by atoms with van der Waals surface area (Å²) in [6, 6.07) is 0.454. The fraction of sp³-hybridized carbons (Fsp3) is 0.938. The summed E-state index contributed by atoms with van der Waals surface area (Å²) in [6.45, 7) is 5.54. The van der Waals surface area contributed by atoms with Gasteiger partial charge >= 0.3 is 0 Å². The van der Waals surface area contributed by atoms with Gasteiger partial charge in [0.25, 0.3) is 0 Å². The Kier molecular flexibility index (Phi) is 7.47. The van der Waals surface area contributed by atoms with Gasteiger partial charge in [-0.2, -0.15) is 5.10 Å². The molecule has 0 amide bonds. The maximum absolute atomic E-state index is 5.51. The van der Waals surface area contributed by atoms with Crippen LogP contribution >= 0.6 is 0 Å². The van der Waals surface area contributed by atoms with Crippen LogP contribution in [-0.2, 0) is 14.2 Å². The standard InChI is InChI=1S/C16H30N2O3/c1-3-5-14(7-8-16-20-10-11-21-16)12-17-18-9-4-6-15(18)13-19-2/h12,14-16H,3-11,13H2,1-2H3/b17-12+/t14-,15-/m1/s1. The zero-order valence-corrected chi connectivity index (χ0v) is 13.5. The van der Waals surface area contributed by atoms with Crippen molar-refractivity contribution < 1.29 is 14.2 Å². The lowest BCUT2D eigenvalue weighted by molar-refractivity contribution is -0.0490. The van der Waals surface area contributed by atoms with Gasteiger partial charge in [-0.15, -0.1) is 0 Å². The highest BCUT2D eigenvalue weighted by Gasteiger charge is 2.23. The first-order valence-electron chi connectivity index (χ1n) is 8.36. The Balaban J connectivity index is 1.78. The molecule has 0 radical (unpaired) electrons. The van der Waals surface area contributed by atoms with E-state index in [1.165, 1.54) is 25.7 Å². The monoisotopic (exact) mass is 298 g/mol. The Hall–Kier alpha value is -0.650. The molecule has 122 valence electrons. The second-order valence-corrected chi connectivity index (χ2v) is 5.98. The second kappa shape index (κ2) is 9.38. The summed E-state index contributed by atoms with van der Waals surface area (Å²) >= 11 is 0. The van der Waals surface area contributed by atoms with E-state index in [9.17, 15) is 0 Å². The minimum atomic E-state index is 0.00535. The summed E-state index contributed by atoms with van der Waals surface area (Å²) in [5, 5.41) is 6.94. The van der Waals surface area contributed by atoms with Crippen LogP contribution < -0.4 is 0 Å². The van der Waals surface area contributed by atoms with E-state index in [4.69, 9.17) is 19.3 Å². The molecule has 2 heterocycles. The van der Waals surface area contributed by atoms with Crippen molar-refractivity contribution in [1.29, 1.82) is 0 Å². The molecule has 5 nitrogen and oxygen atoms in total. The molecular weight excluding hydrogens is 268 g/mol. The highest BCUT2D eigenvalue weighted by Crippen LogP contribution is 2.20. The quantitative estimate of drug-likeness (QED) is 0.614. The number of nitrogens with zero attached hydrogens (tertiary/aromatic N) is 2. The van der Waals surface area contributed by atoms with E-state index < -0.39 is 0 Å². The predicted octanol–water partition coefficient (Wildman–Crippen LogP) is 2.65. The third-order valence-electron chi connectivity index (χ3n) is 4.25. The van der Waals surface area contributed by atoms with E-state index >= 15 is 0 Å². The van der Waals surface area contributed by atoms with Crippen LogP contribution in [0.3, 0.4) is 0 Å². The first-order valence-corrected chi connectivity index (χ1v) is 8.36. The van der Waals surface area contributed by atoms with Crippen molar-refractivity contribution in [3.05, 3.63) is 0 Å². The first kappa shape index (κ1) is 16.7. The van der Waals surface area contributed by atoms with E-state index in [0.29, 0.717) is 12.0 Å². The third-order valence-corrected chi connectivity index (χ3v) is 4.25. The van der Waals surface area contributed by atoms with Gasteiger partial charge in [-0.3, -0.25) is 5.01 Å². The minimum absolute atomic E-state index is 0.00535. The van der Waals surface area contributed by atoms with Crippen molar-refractivity contribution in [2.75, 3.05) is 33.5 Å². The van der Waals surface area contributed by atoms with E-state index in [-0.39, 0.29) is 6.29 Å². The topological polar surface area (TPSA) is 43.3 Å². The van der Waals surface area contributed by atoms with Gasteiger partial charge in [-0.25, -0.2) is 0 Å². The van der Waals surface area contributed by atoms with Crippen molar-refractivity contribution in [2.24, 2.45) is 11.0 Å². The van der Waals surface area contributed by atoms with Gasteiger partial charge in [-0.05, 0) is 38.0 Å². The van der Waals surface area contributed by atoms with Gasteiger partial charge in [0.05, 0.1) is 25.9 Å². The molecule has 0 spiro atoms. The Morgan fingerprint density at radius 1 is 1.33 bits per heavy atom. The van der Waals surface area contributed by atoms with Crippen LogP contribution in [0.5, 0.6) is 0 Å². The maximum Gasteiger partial charge on any atom is 0.157 e. The van der Waals surface area contributed by atoms with Crippen molar-refractivity contribution in [3.8, 4) is 0 Å². The van der Waals surface area contributed by atoms with Gasteiger partial charge in [0.2, 0.25) is 0 Å². The van der Waals surface area contributed by atoms with Crippen molar-refractivity contribution in [2.45, 2.75) is 57.8 Å². The molecule has 0 aliphatic carbocycles. The lowest BCUT2D eigenvalue weighted by atomic mass is 9.99. The summed E-state index contributed by atoms with van der Waals surface area (Å²) in [5.74, 6) is 0.520. The highest BCUT2D eigenvalue weighted by molar-refractivity contribution is 5.60. The summed E-state index contributed by atoms with van der Waals surface area (Å²) in [7, 11) is 1.77. The Bertz CT molecular complexity index is 306. The minimum Gasteiger partial charge on any atom is -0.382 e. The normalized spacial score (nSPS) is 25.2. The lowest BCUT2D eigenvalue weighted by Crippen LogP contribution is -2.28. The van der Waals surface area contributed by atoms with E-state index in [1.54, 1.807) is 7.11 Å². The average Bonchev–Trinajstić information content (AvgIpc) is 3.14. The van der Waals surface area contributed by atoms with Crippen LogP contribution in [-0.4, -0.2) is 57.0 Å². The average molecular weight is 298 g/mol. The summed E-state index contributed by atoms with van der Waals surface area (Å²) in [4.78, 5) is 0. The molecule has 0 aromatic heterocycles. The van der Waals surface area contributed by atoms with Gasteiger partial charge in [-0.1, -0.05) is 13.3 Å². The van der Waals surface area contributed by atoms with Crippen LogP contribution in [0.4, 0.5) is 0 Å². The van der Waals surface area contributed by atoms with E-state index in [0.717, 1.165) is 39.2 Å². The Labute approximate surface area is 128 Å². The molecule has 0 aromatic rings. The smallest absolute Gasteiger partial charge is 0.157 e. The highest BCUT2D eigenvalue weighted by atomic mass is 16.7. The zero-order chi connectivity index (χ0) is 14.9. The van der Waals surface area contributed by atoms with Gasteiger partial charge in [0.15, 0.2) is 6.29 Å². The number of methoxy groups -OCH3 is 1. The Morgan fingerprint density at radius 2 is 2.14 bits per heavy atom. The number of rotatable bonds is 9. The van der Waals surface area contributed by atoms with Crippen molar-refractivity contribution >= 4 is 6.21 Å². The number of hydrogen-bond acceptors (Lipinski definition) is 5. The van der Waals surface area contributed by atoms with Gasteiger partial charge in [0.1, 0.15) is 0 Å². The third kappa shape index (κ3) is 5.57. The molecule has 2 aliphatic heterocycles. The maximum atomic E-state index is 5.51. The zero-order valence-electron chi connectivity index (χ0n) is 13.5. The molecular formula is C16H30N2O3. The van der Waals surface area contributed by atoms with Crippen LogP contribution in [0.2, 0.25) is 0 Å². The molecule has 2 saturated heterocycles. The van der Waals surface area contributed by atoms with Crippen LogP contribution in [0, 0.1) is 5.92 Å². The number of hydrogen-bond donors (Lipinski definition) is 0. The molecule has 5 heteroatoms. The Morgan fingerprint density at radius 3 is 2.86 bits per heavy atom. The molecule has 0 aromatic carbocycles. The molecule has 21 heavy (non-hydrogen) atoms. The fourth-order valence-electron chi connectivity index (χ4n) is 3.10. The van der Waals surface area contributed by atoms with Gasteiger partial charge < -0.3 is 14.2 Å². The molecule has 2 atom stereocenters. The molecule has 2 rings (SSSR count). The van der Waals surface area contributed by atoms with Crippen molar-refractivity contribution in [1.82, 2.24) is 5.01 Å². The molecule has 0 saturated carbocycles. The van der Waals surface area contributed by atoms with Crippen LogP contribution in [0.1, 0.15) is 45.4 Å². The van der Waals surface area contributed by atoms with Crippen LogP contribution in [0.15, 0.2) is 5.10 Å². The summed E-state index contributed by atoms with van der Waals surface area (Å²) < 4.78 is 16.3. The number of hydrazone groups is 1. The SMILES string of the molecule is CCC[C@@H](/C=N/N1CCC[C@@H]1COC)CCC1OCCO1. The van der Waals surface area contributed by atoms with Crippen molar-refractivity contribution in [3.63, 3.8) is 0 Å². The molecule has 0 unspecified atom stereocenters. The van der Waals surface area contributed by atoms with E-state index in [1.807, 2.05) is 0 Å². The molecule has 0 bridgehead atoms. The molecule has 2 aliphatic rings. The molecule has 2 fully saturated rings. The van der Waals surface area contributed by atoms with Crippen LogP contribution in [0.25, 0.3) is 0 Å². The largest absolute Gasteiger partial charge is 0.382 e. The first-order chi connectivity index (χ1) is 10.3. The molecule has 0 N–H and O–H groups in total. The number of ether oxygens (including phenoxy) is 3. The lowest BCUT2D eigenvalue weighted by Gasteiger charge is -2.22. The predicted molar refractivity (Wildman–Crippen MR) is 83.4 cm³/mol. The van der Waals surface area contributed by atoms with Gasteiger partial charge in [0, 0.05) is 19.9 Å². The van der Waals surface area contributed by atoms with E-state index in [2.05, 4.69) is 18.1 Å². The second-order valence-electron chi connectivity index (χ2n) is 5.98. The fourth-order valence-corrected chi connectivity index (χ4v) is 3.10. The summed E-state index contributed by atoms with van der Waals surface area (Å²) in [5.41, 5.74) is 0.